The third kappa shape index (κ3) is 1.56. The summed E-state index contributed by atoms with van der Waals surface area (Å²) in [7, 11) is 0. The molecule has 4 heteroatoms. The van der Waals surface area contributed by atoms with Gasteiger partial charge in [-0.05, 0) is 32.0 Å². The van der Waals surface area contributed by atoms with Crippen molar-refractivity contribution in [3.05, 3.63) is 29.3 Å². The van der Waals surface area contributed by atoms with Gasteiger partial charge in [-0.15, -0.1) is 0 Å². The highest BCUT2D eigenvalue weighted by Gasteiger charge is 2.29. The van der Waals surface area contributed by atoms with Crippen LogP contribution in [0, 0.1) is 0 Å². The zero-order valence-electron chi connectivity index (χ0n) is 9.32. The molecule has 0 atom stereocenters. The van der Waals surface area contributed by atoms with Gasteiger partial charge in [0.2, 0.25) is 0 Å². The molecule has 1 aromatic carbocycles. The third-order valence-corrected chi connectivity index (χ3v) is 2.76. The molecule has 0 radical (unpaired) electrons. The van der Waals surface area contributed by atoms with Crippen molar-refractivity contribution >= 4 is 17.6 Å². The molecule has 0 saturated carbocycles. The van der Waals surface area contributed by atoms with E-state index in [0.29, 0.717) is 11.1 Å². The SMILES string of the molecule is CCN(CC)c1ccc2c(c1)C(=O)OC2=O. The second-order valence-corrected chi connectivity index (χ2v) is 3.58. The van der Waals surface area contributed by atoms with Crippen LogP contribution in [0.2, 0.25) is 0 Å². The highest BCUT2D eigenvalue weighted by Crippen LogP contribution is 2.25. The number of fused-ring (bicyclic) bond motifs is 1. The summed E-state index contributed by atoms with van der Waals surface area (Å²) in [5.74, 6) is -1.10. The Hall–Kier alpha value is -1.84. The van der Waals surface area contributed by atoms with E-state index in [1.54, 1.807) is 12.1 Å². The Morgan fingerprint density at radius 2 is 1.69 bits per heavy atom. The molecule has 0 saturated heterocycles. The van der Waals surface area contributed by atoms with E-state index in [-0.39, 0.29) is 0 Å². The number of ether oxygens (including phenoxy) is 1. The number of hydrogen-bond acceptors (Lipinski definition) is 4. The van der Waals surface area contributed by atoms with Crippen molar-refractivity contribution in [2.24, 2.45) is 0 Å². The fourth-order valence-electron chi connectivity index (χ4n) is 1.86. The van der Waals surface area contributed by atoms with Crippen LogP contribution in [0.25, 0.3) is 0 Å². The average molecular weight is 219 g/mol. The van der Waals surface area contributed by atoms with Gasteiger partial charge in [0.05, 0.1) is 11.1 Å². The van der Waals surface area contributed by atoms with Crippen LogP contribution < -0.4 is 4.90 Å². The molecule has 1 aliphatic rings. The van der Waals surface area contributed by atoms with Crippen molar-refractivity contribution in [3.63, 3.8) is 0 Å². The minimum Gasteiger partial charge on any atom is -0.386 e. The predicted molar refractivity (Wildman–Crippen MR) is 59.7 cm³/mol. The topological polar surface area (TPSA) is 46.6 Å². The number of benzene rings is 1. The second-order valence-electron chi connectivity index (χ2n) is 3.58. The van der Waals surface area contributed by atoms with Gasteiger partial charge in [-0.1, -0.05) is 0 Å². The molecular weight excluding hydrogens is 206 g/mol. The van der Waals surface area contributed by atoms with Crippen LogP contribution >= 0.6 is 0 Å². The van der Waals surface area contributed by atoms with E-state index < -0.39 is 11.9 Å². The highest BCUT2D eigenvalue weighted by molar-refractivity contribution is 6.15. The number of nitrogens with zero attached hydrogens (tertiary/aromatic N) is 1. The molecule has 1 aromatic rings. The van der Waals surface area contributed by atoms with Gasteiger partial charge in [0, 0.05) is 18.8 Å². The molecule has 0 bridgehead atoms. The highest BCUT2D eigenvalue weighted by atomic mass is 16.6. The number of carbonyl (C=O) groups excluding carboxylic acids is 2. The summed E-state index contributed by atoms with van der Waals surface area (Å²) in [6.07, 6.45) is 0. The lowest BCUT2D eigenvalue weighted by molar-refractivity contribution is 0.0444. The van der Waals surface area contributed by atoms with Crippen molar-refractivity contribution in [1.82, 2.24) is 0 Å². The summed E-state index contributed by atoms with van der Waals surface area (Å²) in [4.78, 5) is 24.7. The third-order valence-electron chi connectivity index (χ3n) is 2.76. The monoisotopic (exact) mass is 219 g/mol. The first-order valence-electron chi connectivity index (χ1n) is 5.32. The molecule has 2 rings (SSSR count). The smallest absolute Gasteiger partial charge is 0.346 e. The summed E-state index contributed by atoms with van der Waals surface area (Å²) in [5.41, 5.74) is 1.67. The number of hydrogen-bond donors (Lipinski definition) is 0. The van der Waals surface area contributed by atoms with Gasteiger partial charge >= 0.3 is 11.9 Å². The Balaban J connectivity index is 2.43. The Morgan fingerprint density at radius 3 is 2.31 bits per heavy atom. The Morgan fingerprint density at radius 1 is 1.06 bits per heavy atom. The standard InChI is InChI=1S/C12H13NO3/c1-3-13(4-2)8-5-6-9-10(7-8)12(15)16-11(9)14/h5-7H,3-4H2,1-2H3. The minimum absolute atomic E-state index is 0.362. The van der Waals surface area contributed by atoms with E-state index in [9.17, 15) is 9.59 Å². The van der Waals surface area contributed by atoms with Crippen LogP contribution in [0.3, 0.4) is 0 Å². The fraction of sp³-hybridized carbons (Fsp3) is 0.333. The predicted octanol–water partition coefficient (Wildman–Crippen LogP) is 1.84. The number of rotatable bonds is 3. The molecule has 1 aliphatic heterocycles. The summed E-state index contributed by atoms with van der Waals surface area (Å²) in [6, 6.07) is 5.21. The molecular formula is C12H13NO3. The van der Waals surface area contributed by atoms with Gasteiger partial charge in [0.15, 0.2) is 0 Å². The molecule has 0 aromatic heterocycles. The van der Waals surface area contributed by atoms with E-state index in [1.165, 1.54) is 0 Å². The van der Waals surface area contributed by atoms with Crippen molar-refractivity contribution in [1.29, 1.82) is 0 Å². The van der Waals surface area contributed by atoms with Gasteiger partial charge in [-0.25, -0.2) is 9.59 Å². The number of cyclic esters (lactones) is 2. The molecule has 0 aliphatic carbocycles. The van der Waals surface area contributed by atoms with Crippen LogP contribution in [0.15, 0.2) is 18.2 Å². The quantitative estimate of drug-likeness (QED) is 0.575. The molecule has 0 fully saturated rings. The van der Waals surface area contributed by atoms with Crippen LogP contribution in [0.5, 0.6) is 0 Å². The Bertz CT molecular complexity index is 450. The largest absolute Gasteiger partial charge is 0.386 e. The molecule has 84 valence electrons. The van der Waals surface area contributed by atoms with Crippen molar-refractivity contribution in [2.75, 3.05) is 18.0 Å². The summed E-state index contributed by atoms with van der Waals surface area (Å²) in [6.45, 7) is 5.80. The van der Waals surface area contributed by atoms with E-state index >= 15 is 0 Å². The van der Waals surface area contributed by atoms with Crippen molar-refractivity contribution in [2.45, 2.75) is 13.8 Å². The molecule has 0 unspecified atom stereocenters. The minimum atomic E-state index is -0.550. The first-order chi connectivity index (χ1) is 7.67. The zero-order chi connectivity index (χ0) is 11.7. The maximum absolute atomic E-state index is 11.4. The van der Waals surface area contributed by atoms with Gasteiger partial charge in [-0.3, -0.25) is 0 Å². The van der Waals surface area contributed by atoms with Gasteiger partial charge in [0.1, 0.15) is 0 Å². The molecule has 1 heterocycles. The molecule has 0 N–H and O–H groups in total. The van der Waals surface area contributed by atoms with Crippen LogP contribution in [0.4, 0.5) is 5.69 Å². The zero-order valence-corrected chi connectivity index (χ0v) is 9.32. The lowest BCUT2D eigenvalue weighted by atomic mass is 10.1. The number of carbonyl (C=O) groups is 2. The maximum Gasteiger partial charge on any atom is 0.346 e. The van der Waals surface area contributed by atoms with Crippen LogP contribution in [-0.2, 0) is 4.74 Å². The number of anilines is 1. The van der Waals surface area contributed by atoms with Gasteiger partial charge in [-0.2, -0.15) is 0 Å². The lowest BCUT2D eigenvalue weighted by Crippen LogP contribution is -2.22. The second kappa shape index (κ2) is 3.96. The first kappa shape index (κ1) is 10.7. The molecule has 16 heavy (non-hydrogen) atoms. The van der Waals surface area contributed by atoms with E-state index in [4.69, 9.17) is 0 Å². The molecule has 0 amide bonds. The van der Waals surface area contributed by atoms with Gasteiger partial charge < -0.3 is 9.64 Å². The average Bonchev–Trinajstić information content (AvgIpc) is 2.57. The Labute approximate surface area is 93.8 Å². The fourth-order valence-corrected chi connectivity index (χ4v) is 1.86. The summed E-state index contributed by atoms with van der Waals surface area (Å²) < 4.78 is 4.54. The lowest BCUT2D eigenvalue weighted by Gasteiger charge is -2.21. The number of esters is 2. The first-order valence-corrected chi connectivity index (χ1v) is 5.32. The van der Waals surface area contributed by atoms with Crippen LogP contribution in [0.1, 0.15) is 34.6 Å². The van der Waals surface area contributed by atoms with E-state index in [0.717, 1.165) is 18.8 Å². The van der Waals surface area contributed by atoms with Crippen molar-refractivity contribution in [3.8, 4) is 0 Å². The van der Waals surface area contributed by atoms with Gasteiger partial charge in [0.25, 0.3) is 0 Å². The summed E-state index contributed by atoms with van der Waals surface area (Å²) in [5, 5.41) is 0. The Kier molecular flexibility index (Phi) is 2.64. The van der Waals surface area contributed by atoms with E-state index in [1.807, 2.05) is 19.9 Å². The summed E-state index contributed by atoms with van der Waals surface area (Å²) >= 11 is 0. The molecule has 4 nitrogen and oxygen atoms in total. The van der Waals surface area contributed by atoms with E-state index in [2.05, 4.69) is 9.64 Å². The van der Waals surface area contributed by atoms with Crippen molar-refractivity contribution < 1.29 is 14.3 Å². The van der Waals surface area contributed by atoms with Crippen LogP contribution in [-0.4, -0.2) is 25.0 Å². The molecule has 0 spiro atoms. The maximum atomic E-state index is 11.4. The normalized spacial score (nSPS) is 13.6.